The van der Waals surface area contributed by atoms with Crippen LogP contribution in [0.4, 0.5) is 0 Å². The summed E-state index contributed by atoms with van der Waals surface area (Å²) in [5, 5.41) is 2.87. The average Bonchev–Trinajstić information content (AvgIpc) is 2.50. The van der Waals surface area contributed by atoms with E-state index in [9.17, 15) is 4.79 Å². The Balaban J connectivity index is 2.44. The number of carbonyl (C=O) groups is 1. The summed E-state index contributed by atoms with van der Waals surface area (Å²) in [7, 11) is 1.56. The molecule has 1 amide bonds. The Morgan fingerprint density at radius 3 is 2.62 bits per heavy atom. The third-order valence-corrected chi connectivity index (χ3v) is 3.38. The molecule has 1 rings (SSSR count). The molecule has 1 aromatic carbocycles. The monoisotopic (exact) mass is 294 g/mol. The number of nitrogens with two attached hydrogens (primary N) is 1. The minimum absolute atomic E-state index is 0.0473. The van der Waals surface area contributed by atoms with Crippen molar-refractivity contribution in [3.8, 4) is 5.75 Å². The number of hydrogen-bond donors (Lipinski definition) is 2. The van der Waals surface area contributed by atoms with Gasteiger partial charge in [0.05, 0.1) is 19.1 Å². The van der Waals surface area contributed by atoms with E-state index in [4.69, 9.17) is 15.2 Å². The summed E-state index contributed by atoms with van der Waals surface area (Å²) in [6.07, 6.45) is 0.809. The van der Waals surface area contributed by atoms with Crippen LogP contribution in [-0.2, 0) is 9.53 Å². The van der Waals surface area contributed by atoms with Gasteiger partial charge in [0.15, 0.2) is 0 Å². The quantitative estimate of drug-likeness (QED) is 0.726. The molecule has 0 saturated carbocycles. The number of benzene rings is 1. The second kappa shape index (κ2) is 9.37. The lowest BCUT2D eigenvalue weighted by Crippen LogP contribution is -2.38. The van der Waals surface area contributed by atoms with Gasteiger partial charge in [0.25, 0.3) is 0 Å². The fourth-order valence-electron chi connectivity index (χ4n) is 1.91. The van der Waals surface area contributed by atoms with Crippen LogP contribution in [0.1, 0.15) is 25.3 Å². The Labute approximate surface area is 126 Å². The topological polar surface area (TPSA) is 73.6 Å². The first-order chi connectivity index (χ1) is 10.1. The minimum Gasteiger partial charge on any atom is -0.488 e. The van der Waals surface area contributed by atoms with Gasteiger partial charge >= 0.3 is 0 Å². The highest BCUT2D eigenvalue weighted by Crippen LogP contribution is 2.18. The van der Waals surface area contributed by atoms with Gasteiger partial charge in [-0.2, -0.15) is 0 Å². The number of aryl methyl sites for hydroxylation is 1. The molecule has 0 aliphatic rings. The van der Waals surface area contributed by atoms with Crippen LogP contribution in [-0.4, -0.2) is 38.3 Å². The predicted octanol–water partition coefficient (Wildman–Crippen LogP) is 1.63. The van der Waals surface area contributed by atoms with Gasteiger partial charge in [-0.05, 0) is 25.0 Å². The molecule has 0 radical (unpaired) electrons. The summed E-state index contributed by atoms with van der Waals surface area (Å²) < 4.78 is 11.0. The molecule has 0 bridgehead atoms. The summed E-state index contributed by atoms with van der Waals surface area (Å²) in [4.78, 5) is 11.8. The van der Waals surface area contributed by atoms with Crippen molar-refractivity contribution < 1.29 is 14.3 Å². The first-order valence-electron chi connectivity index (χ1n) is 7.32. The van der Waals surface area contributed by atoms with Crippen molar-refractivity contribution in [2.24, 2.45) is 5.73 Å². The zero-order valence-corrected chi connectivity index (χ0v) is 13.1. The number of para-hydroxylation sites is 1. The second-order valence-electron chi connectivity index (χ2n) is 5.02. The predicted molar refractivity (Wildman–Crippen MR) is 83.4 cm³/mol. The van der Waals surface area contributed by atoms with Gasteiger partial charge in [0.2, 0.25) is 5.91 Å². The van der Waals surface area contributed by atoms with E-state index in [-0.39, 0.29) is 24.5 Å². The van der Waals surface area contributed by atoms with Crippen LogP contribution in [0.15, 0.2) is 24.3 Å². The standard InChI is InChI=1S/C16H26N2O3/c1-4-13(21-15-8-6-5-7-12(15)2)11-18-16(19)9-14(10-17)20-3/h5-8,13-14H,4,9-11,17H2,1-3H3,(H,18,19). The van der Waals surface area contributed by atoms with Crippen molar-refractivity contribution in [3.63, 3.8) is 0 Å². The molecule has 3 N–H and O–H groups in total. The zero-order chi connectivity index (χ0) is 15.7. The van der Waals surface area contributed by atoms with Gasteiger partial charge in [-0.3, -0.25) is 4.79 Å². The van der Waals surface area contributed by atoms with Crippen LogP contribution in [0.3, 0.4) is 0 Å². The lowest BCUT2D eigenvalue weighted by atomic mass is 10.2. The van der Waals surface area contributed by atoms with Crippen LogP contribution < -0.4 is 15.8 Å². The largest absolute Gasteiger partial charge is 0.488 e. The highest BCUT2D eigenvalue weighted by atomic mass is 16.5. The van der Waals surface area contributed by atoms with Gasteiger partial charge in [-0.15, -0.1) is 0 Å². The molecule has 5 nitrogen and oxygen atoms in total. The number of amides is 1. The number of rotatable bonds is 9. The van der Waals surface area contributed by atoms with E-state index in [1.165, 1.54) is 0 Å². The minimum atomic E-state index is -0.234. The van der Waals surface area contributed by atoms with E-state index < -0.39 is 0 Å². The highest BCUT2D eigenvalue weighted by Gasteiger charge is 2.14. The molecule has 5 heteroatoms. The maximum Gasteiger partial charge on any atom is 0.222 e. The van der Waals surface area contributed by atoms with Crippen molar-refractivity contribution in [2.45, 2.75) is 38.9 Å². The maximum atomic E-state index is 11.8. The zero-order valence-electron chi connectivity index (χ0n) is 13.1. The molecule has 0 aliphatic carbocycles. The summed E-state index contributed by atoms with van der Waals surface area (Å²) in [6.45, 7) is 4.85. The number of hydrogen-bond acceptors (Lipinski definition) is 4. The molecule has 0 aromatic heterocycles. The van der Waals surface area contributed by atoms with Gasteiger partial charge in [0.1, 0.15) is 11.9 Å². The smallest absolute Gasteiger partial charge is 0.222 e. The van der Waals surface area contributed by atoms with Crippen molar-refractivity contribution in [3.05, 3.63) is 29.8 Å². The van der Waals surface area contributed by atoms with Crippen LogP contribution in [0.25, 0.3) is 0 Å². The van der Waals surface area contributed by atoms with Crippen LogP contribution in [0, 0.1) is 6.92 Å². The molecule has 118 valence electrons. The van der Waals surface area contributed by atoms with E-state index in [1.54, 1.807) is 7.11 Å². The first kappa shape index (κ1) is 17.5. The molecule has 0 fully saturated rings. The normalized spacial score (nSPS) is 13.5. The van der Waals surface area contributed by atoms with E-state index in [0.717, 1.165) is 17.7 Å². The van der Waals surface area contributed by atoms with Gasteiger partial charge in [0, 0.05) is 13.7 Å². The SMILES string of the molecule is CCC(CNC(=O)CC(CN)OC)Oc1ccccc1C. The van der Waals surface area contributed by atoms with E-state index in [1.807, 2.05) is 38.1 Å². The fourth-order valence-corrected chi connectivity index (χ4v) is 1.91. The van der Waals surface area contributed by atoms with Gasteiger partial charge in [-0.1, -0.05) is 25.1 Å². The van der Waals surface area contributed by atoms with Gasteiger partial charge < -0.3 is 20.5 Å². The Bertz CT molecular complexity index is 433. The molecular weight excluding hydrogens is 268 g/mol. The van der Waals surface area contributed by atoms with Crippen LogP contribution in [0.2, 0.25) is 0 Å². The summed E-state index contributed by atoms with van der Waals surface area (Å²) in [5.74, 6) is 0.787. The Kier molecular flexibility index (Phi) is 7.79. The van der Waals surface area contributed by atoms with E-state index >= 15 is 0 Å². The second-order valence-corrected chi connectivity index (χ2v) is 5.02. The molecule has 0 spiro atoms. The van der Waals surface area contributed by atoms with Crippen LogP contribution >= 0.6 is 0 Å². The fraction of sp³-hybridized carbons (Fsp3) is 0.562. The molecule has 2 unspecified atom stereocenters. The average molecular weight is 294 g/mol. The third-order valence-electron chi connectivity index (χ3n) is 3.38. The Morgan fingerprint density at radius 2 is 2.05 bits per heavy atom. The van der Waals surface area contributed by atoms with E-state index in [2.05, 4.69) is 5.32 Å². The first-order valence-corrected chi connectivity index (χ1v) is 7.32. The Morgan fingerprint density at radius 1 is 1.33 bits per heavy atom. The number of ether oxygens (including phenoxy) is 2. The van der Waals surface area contributed by atoms with Gasteiger partial charge in [-0.25, -0.2) is 0 Å². The lowest BCUT2D eigenvalue weighted by molar-refractivity contribution is -0.123. The number of methoxy groups -OCH3 is 1. The Hall–Kier alpha value is -1.59. The molecule has 0 heterocycles. The molecule has 2 atom stereocenters. The van der Waals surface area contributed by atoms with Crippen LogP contribution in [0.5, 0.6) is 5.75 Å². The molecule has 0 saturated heterocycles. The number of nitrogens with one attached hydrogen (secondary N) is 1. The third kappa shape index (κ3) is 6.14. The van der Waals surface area contributed by atoms with Crippen molar-refractivity contribution in [1.82, 2.24) is 5.32 Å². The molecule has 0 aliphatic heterocycles. The summed E-state index contributed by atoms with van der Waals surface area (Å²) in [6, 6.07) is 7.86. The van der Waals surface area contributed by atoms with Crippen molar-refractivity contribution in [1.29, 1.82) is 0 Å². The van der Waals surface area contributed by atoms with Crippen molar-refractivity contribution in [2.75, 3.05) is 20.2 Å². The summed E-state index contributed by atoms with van der Waals surface area (Å²) >= 11 is 0. The molecule has 1 aromatic rings. The van der Waals surface area contributed by atoms with Crippen molar-refractivity contribution >= 4 is 5.91 Å². The maximum absolute atomic E-state index is 11.8. The number of carbonyl (C=O) groups excluding carboxylic acids is 1. The van der Waals surface area contributed by atoms with E-state index in [0.29, 0.717) is 13.1 Å². The summed E-state index contributed by atoms with van der Waals surface area (Å²) in [5.41, 5.74) is 6.59. The lowest BCUT2D eigenvalue weighted by Gasteiger charge is -2.20. The molecule has 21 heavy (non-hydrogen) atoms. The molecular formula is C16H26N2O3. The highest BCUT2D eigenvalue weighted by molar-refractivity contribution is 5.76.